The van der Waals surface area contributed by atoms with Crippen LogP contribution < -0.4 is 0 Å². The van der Waals surface area contributed by atoms with Gasteiger partial charge < -0.3 is 0 Å². The lowest BCUT2D eigenvalue weighted by Crippen LogP contribution is -2.51. The average molecular weight is 214 g/mol. The molecule has 2 rings (SSSR count). The molecule has 0 aromatic rings. The number of carbonyl (C=O) groups is 2. The van der Waals surface area contributed by atoms with Gasteiger partial charge in [0.1, 0.15) is 0 Å². The summed E-state index contributed by atoms with van der Waals surface area (Å²) in [6.45, 7) is 0. The van der Waals surface area contributed by atoms with E-state index >= 15 is 0 Å². The fraction of sp³-hybridized carbons (Fsp3) is 0.286. The van der Waals surface area contributed by atoms with Gasteiger partial charge in [-0.2, -0.15) is 14.5 Å². The van der Waals surface area contributed by atoms with E-state index in [1.165, 1.54) is 18.7 Å². The molecule has 0 spiro atoms. The second kappa shape index (κ2) is 2.71. The number of halogens is 1. The van der Waals surface area contributed by atoms with Crippen LogP contribution in [0.1, 0.15) is 0 Å². The number of fused-ring (bicyclic) bond motifs is 1. The number of hydrogen-bond acceptors (Lipinski definition) is 4. The first-order chi connectivity index (χ1) is 6.52. The molecule has 2 aliphatic heterocycles. The molecule has 0 N–H and O–H groups in total. The molecule has 0 aromatic heterocycles. The van der Waals surface area contributed by atoms with Crippen molar-refractivity contribution in [2.24, 2.45) is 9.98 Å². The van der Waals surface area contributed by atoms with Crippen molar-refractivity contribution < 1.29 is 14.2 Å². The number of imide groups is 1. The van der Waals surface area contributed by atoms with E-state index in [0.29, 0.717) is 0 Å². The van der Waals surface area contributed by atoms with Crippen molar-refractivity contribution in [2.75, 3.05) is 14.1 Å². The van der Waals surface area contributed by atoms with E-state index in [0.717, 1.165) is 4.90 Å². The van der Waals surface area contributed by atoms with Gasteiger partial charge in [0.15, 0.2) is 0 Å². The highest BCUT2D eigenvalue weighted by Gasteiger charge is 2.44. The predicted octanol–water partition coefficient (Wildman–Crippen LogP) is -0.331. The van der Waals surface area contributed by atoms with Gasteiger partial charge in [0.2, 0.25) is 5.71 Å². The first-order valence-electron chi connectivity index (χ1n) is 3.78. The molecule has 0 saturated heterocycles. The minimum absolute atomic E-state index is 0.0294. The minimum atomic E-state index is -0.484. The molecule has 2 heterocycles. The van der Waals surface area contributed by atoms with Crippen LogP contribution in [0.15, 0.2) is 9.98 Å². The van der Waals surface area contributed by atoms with Gasteiger partial charge in [-0.15, -0.1) is 0 Å². The van der Waals surface area contributed by atoms with E-state index in [4.69, 9.17) is 11.6 Å². The summed E-state index contributed by atoms with van der Waals surface area (Å²) in [7, 11) is 2.89. The number of urea groups is 1. The standard InChI is InChI=1S/C7H6ClN4O2/c1-11-4-3(9-6(8)10-4)5(13)12(2)7(11)14/h1-2H3/q+1. The topological polar surface area (TPSA) is 65.1 Å². The molecule has 0 atom stereocenters. The van der Waals surface area contributed by atoms with Crippen molar-refractivity contribution in [2.45, 2.75) is 0 Å². The van der Waals surface area contributed by atoms with Crippen molar-refractivity contribution in [1.82, 2.24) is 4.90 Å². The average Bonchev–Trinajstić information content (AvgIpc) is 2.54. The third-order valence-corrected chi connectivity index (χ3v) is 2.18. The molecule has 0 aromatic carbocycles. The van der Waals surface area contributed by atoms with Gasteiger partial charge in [0.05, 0.1) is 14.1 Å². The fourth-order valence-corrected chi connectivity index (χ4v) is 1.41. The molecule has 72 valence electrons. The summed E-state index contributed by atoms with van der Waals surface area (Å²) >= 11 is 5.55. The van der Waals surface area contributed by atoms with Crippen LogP contribution in [0.4, 0.5) is 4.79 Å². The van der Waals surface area contributed by atoms with E-state index < -0.39 is 11.9 Å². The molecule has 7 heteroatoms. The van der Waals surface area contributed by atoms with Crippen LogP contribution in [0.25, 0.3) is 0 Å². The Morgan fingerprint density at radius 3 is 2.64 bits per heavy atom. The van der Waals surface area contributed by atoms with E-state index in [9.17, 15) is 9.59 Å². The van der Waals surface area contributed by atoms with Gasteiger partial charge in [-0.1, -0.05) is 4.99 Å². The molecule has 3 amide bonds. The number of amides is 3. The van der Waals surface area contributed by atoms with Gasteiger partial charge in [-0.05, 0) is 11.6 Å². The summed E-state index contributed by atoms with van der Waals surface area (Å²) < 4.78 is 1.23. The molecule has 0 fully saturated rings. The van der Waals surface area contributed by atoms with E-state index in [2.05, 4.69) is 9.98 Å². The van der Waals surface area contributed by atoms with Gasteiger partial charge >= 0.3 is 17.8 Å². The Labute approximate surface area is 84.2 Å². The molecule has 6 nitrogen and oxygen atoms in total. The van der Waals surface area contributed by atoms with Crippen molar-refractivity contribution in [1.29, 1.82) is 0 Å². The Morgan fingerprint density at radius 2 is 2.00 bits per heavy atom. The van der Waals surface area contributed by atoms with Crippen LogP contribution in [-0.4, -0.2) is 52.4 Å². The summed E-state index contributed by atoms with van der Waals surface area (Å²) in [6.07, 6.45) is 0. The lowest BCUT2D eigenvalue weighted by molar-refractivity contribution is -0.401. The maximum atomic E-state index is 11.5. The summed E-state index contributed by atoms with van der Waals surface area (Å²) in [5.41, 5.74) is 0.111. The van der Waals surface area contributed by atoms with Crippen LogP contribution in [0.3, 0.4) is 0 Å². The Morgan fingerprint density at radius 1 is 1.36 bits per heavy atom. The quantitative estimate of drug-likeness (QED) is 0.409. The molecular weight excluding hydrogens is 208 g/mol. The minimum Gasteiger partial charge on any atom is -0.248 e. The lowest BCUT2D eigenvalue weighted by Gasteiger charge is -2.15. The molecule has 0 saturated carbocycles. The van der Waals surface area contributed by atoms with Crippen molar-refractivity contribution in [3.8, 4) is 0 Å². The van der Waals surface area contributed by atoms with Crippen molar-refractivity contribution >= 4 is 40.4 Å². The zero-order chi connectivity index (χ0) is 10.5. The lowest BCUT2D eigenvalue weighted by atomic mass is 10.2. The maximum Gasteiger partial charge on any atom is 0.446 e. The highest BCUT2D eigenvalue weighted by Crippen LogP contribution is 2.10. The second-order valence-electron chi connectivity index (χ2n) is 2.87. The molecule has 0 aliphatic carbocycles. The smallest absolute Gasteiger partial charge is 0.248 e. The monoisotopic (exact) mass is 213 g/mol. The number of nitrogens with zero attached hydrogens (tertiary/aromatic N) is 4. The van der Waals surface area contributed by atoms with Crippen LogP contribution in [-0.2, 0) is 4.79 Å². The SMILES string of the molecule is CN1C(=O)C2=NC(Cl)=NC2=[N+](C)C1=O. The van der Waals surface area contributed by atoms with Gasteiger partial charge in [-0.25, -0.2) is 9.59 Å². The number of carbonyl (C=O) groups excluding carboxylic acids is 2. The Kier molecular flexibility index (Phi) is 1.75. The van der Waals surface area contributed by atoms with E-state index in [1.807, 2.05) is 0 Å². The third-order valence-electron chi connectivity index (χ3n) is 2.01. The van der Waals surface area contributed by atoms with Crippen LogP contribution >= 0.6 is 11.6 Å². The van der Waals surface area contributed by atoms with Crippen molar-refractivity contribution in [3.63, 3.8) is 0 Å². The molecular formula is C7H6ClN4O2+. The first-order valence-corrected chi connectivity index (χ1v) is 4.16. The first kappa shape index (κ1) is 9.01. The number of amidine groups is 2. The summed E-state index contributed by atoms with van der Waals surface area (Å²) in [5, 5.41) is -0.0294. The maximum absolute atomic E-state index is 11.5. The number of aliphatic imine (C=N–C) groups is 2. The van der Waals surface area contributed by atoms with Gasteiger partial charge in [0, 0.05) is 0 Å². The van der Waals surface area contributed by atoms with E-state index in [1.54, 1.807) is 0 Å². The number of rotatable bonds is 0. The summed E-state index contributed by atoms with van der Waals surface area (Å²) in [5.74, 6) is -0.273. The number of hydrogen-bond donors (Lipinski definition) is 0. The molecule has 0 bridgehead atoms. The summed E-state index contributed by atoms with van der Waals surface area (Å²) in [6, 6.07) is -0.445. The Bertz CT molecular complexity index is 449. The van der Waals surface area contributed by atoms with Crippen LogP contribution in [0.5, 0.6) is 0 Å². The van der Waals surface area contributed by atoms with Crippen molar-refractivity contribution in [3.05, 3.63) is 0 Å². The molecule has 0 unspecified atom stereocenters. The predicted molar refractivity (Wildman–Crippen MR) is 50.1 cm³/mol. The highest BCUT2D eigenvalue weighted by molar-refractivity contribution is 6.78. The third kappa shape index (κ3) is 1.00. The van der Waals surface area contributed by atoms with Crippen LogP contribution in [0, 0.1) is 0 Å². The van der Waals surface area contributed by atoms with Gasteiger partial charge in [-0.3, -0.25) is 0 Å². The Hall–Kier alpha value is -1.56. The zero-order valence-electron chi connectivity index (χ0n) is 7.48. The normalized spacial score (nSPS) is 21.2. The molecule has 2 aliphatic rings. The van der Waals surface area contributed by atoms with Gasteiger partial charge in [0.25, 0.3) is 5.29 Å². The van der Waals surface area contributed by atoms with Crippen LogP contribution in [0.2, 0.25) is 0 Å². The molecule has 14 heavy (non-hydrogen) atoms. The zero-order valence-corrected chi connectivity index (χ0v) is 8.24. The molecule has 0 radical (unpaired) electrons. The largest absolute Gasteiger partial charge is 0.446 e. The van der Waals surface area contributed by atoms with E-state index in [-0.39, 0.29) is 16.8 Å². The fourth-order valence-electron chi connectivity index (χ4n) is 1.25. The Balaban J connectivity index is 2.65. The summed E-state index contributed by atoms with van der Waals surface area (Å²) in [4.78, 5) is 31.4. The highest BCUT2D eigenvalue weighted by atomic mass is 35.5. The second-order valence-corrected chi connectivity index (χ2v) is 3.21.